The SMILES string of the molecule is CCNC(=O)NC1(C(=O)NC2CCNCC2)CCCC1.Cl. The van der Waals surface area contributed by atoms with E-state index in [4.69, 9.17) is 0 Å². The Labute approximate surface area is 132 Å². The van der Waals surface area contributed by atoms with Crippen molar-refractivity contribution < 1.29 is 9.59 Å². The zero-order chi connectivity index (χ0) is 14.4. The second-order valence-electron chi connectivity index (χ2n) is 5.77. The summed E-state index contributed by atoms with van der Waals surface area (Å²) >= 11 is 0. The number of nitrogens with one attached hydrogen (secondary N) is 4. The number of carbonyl (C=O) groups excluding carboxylic acids is 2. The molecule has 21 heavy (non-hydrogen) atoms. The number of rotatable bonds is 4. The van der Waals surface area contributed by atoms with E-state index in [1.807, 2.05) is 6.92 Å². The van der Waals surface area contributed by atoms with Gasteiger partial charge in [-0.25, -0.2) is 4.79 Å². The Hall–Kier alpha value is -1.01. The minimum Gasteiger partial charge on any atom is -0.351 e. The molecule has 122 valence electrons. The molecule has 0 radical (unpaired) electrons. The fraction of sp³-hybridized carbons (Fsp3) is 0.857. The van der Waals surface area contributed by atoms with Crippen molar-refractivity contribution in [1.29, 1.82) is 0 Å². The number of halogens is 1. The van der Waals surface area contributed by atoms with Crippen LogP contribution in [0.25, 0.3) is 0 Å². The van der Waals surface area contributed by atoms with E-state index in [0.29, 0.717) is 6.54 Å². The maximum atomic E-state index is 12.6. The lowest BCUT2D eigenvalue weighted by atomic mass is 9.95. The summed E-state index contributed by atoms with van der Waals surface area (Å²) < 4.78 is 0. The Balaban J connectivity index is 0.00000220. The van der Waals surface area contributed by atoms with Crippen LogP contribution in [0.2, 0.25) is 0 Å². The summed E-state index contributed by atoms with van der Waals surface area (Å²) in [5.74, 6) is -0.00634. The molecule has 6 nitrogen and oxygen atoms in total. The molecular formula is C14H27ClN4O2. The number of carbonyl (C=O) groups is 2. The average Bonchev–Trinajstić information content (AvgIpc) is 2.90. The molecule has 0 bridgehead atoms. The van der Waals surface area contributed by atoms with Crippen LogP contribution in [-0.4, -0.2) is 43.2 Å². The van der Waals surface area contributed by atoms with E-state index in [9.17, 15) is 9.59 Å². The van der Waals surface area contributed by atoms with Crippen LogP contribution in [0.1, 0.15) is 45.4 Å². The second-order valence-corrected chi connectivity index (χ2v) is 5.77. The number of hydrogen-bond donors (Lipinski definition) is 4. The van der Waals surface area contributed by atoms with Gasteiger partial charge in [-0.05, 0) is 45.7 Å². The van der Waals surface area contributed by atoms with Gasteiger partial charge >= 0.3 is 6.03 Å². The summed E-state index contributed by atoms with van der Waals surface area (Å²) in [6, 6.07) is -0.00729. The normalized spacial score (nSPS) is 21.2. The number of amides is 3. The number of piperidine rings is 1. The molecule has 4 N–H and O–H groups in total. The summed E-state index contributed by atoms with van der Waals surface area (Å²) in [5, 5.41) is 12.0. The third kappa shape index (κ3) is 4.74. The first kappa shape index (κ1) is 18.0. The van der Waals surface area contributed by atoms with E-state index in [1.54, 1.807) is 0 Å². The predicted molar refractivity (Wildman–Crippen MR) is 84.7 cm³/mol. The Morgan fingerprint density at radius 2 is 1.81 bits per heavy atom. The van der Waals surface area contributed by atoms with Crippen LogP contribution in [0.3, 0.4) is 0 Å². The molecule has 0 atom stereocenters. The van der Waals surface area contributed by atoms with Gasteiger partial charge in [0.25, 0.3) is 0 Å². The highest BCUT2D eigenvalue weighted by atomic mass is 35.5. The summed E-state index contributed by atoms with van der Waals surface area (Å²) in [5.41, 5.74) is -0.704. The van der Waals surface area contributed by atoms with Crippen LogP contribution in [0.15, 0.2) is 0 Å². The van der Waals surface area contributed by atoms with Gasteiger partial charge in [0.2, 0.25) is 5.91 Å². The van der Waals surface area contributed by atoms with Gasteiger partial charge < -0.3 is 21.3 Å². The molecule has 2 aliphatic rings. The highest BCUT2D eigenvalue weighted by molar-refractivity contribution is 5.91. The lowest BCUT2D eigenvalue weighted by Crippen LogP contribution is -2.61. The van der Waals surface area contributed by atoms with Crippen LogP contribution < -0.4 is 21.3 Å². The van der Waals surface area contributed by atoms with Crippen molar-refractivity contribution in [1.82, 2.24) is 21.3 Å². The van der Waals surface area contributed by atoms with E-state index in [0.717, 1.165) is 51.6 Å². The third-order valence-corrected chi connectivity index (χ3v) is 4.26. The van der Waals surface area contributed by atoms with Crippen molar-refractivity contribution in [2.45, 2.75) is 57.0 Å². The molecule has 0 aromatic rings. The van der Waals surface area contributed by atoms with Gasteiger partial charge in [-0.3, -0.25) is 4.79 Å². The van der Waals surface area contributed by atoms with E-state index >= 15 is 0 Å². The van der Waals surface area contributed by atoms with Crippen molar-refractivity contribution in [3.8, 4) is 0 Å². The van der Waals surface area contributed by atoms with Gasteiger partial charge in [-0.1, -0.05) is 12.8 Å². The Kier molecular flexibility index (Phi) is 7.25. The minimum atomic E-state index is -0.704. The fourth-order valence-electron chi connectivity index (χ4n) is 3.10. The maximum absolute atomic E-state index is 12.6. The second kappa shape index (κ2) is 8.44. The van der Waals surface area contributed by atoms with Crippen LogP contribution in [0.5, 0.6) is 0 Å². The predicted octanol–water partition coefficient (Wildman–Crippen LogP) is 0.908. The third-order valence-electron chi connectivity index (χ3n) is 4.26. The Morgan fingerprint density at radius 1 is 1.19 bits per heavy atom. The molecule has 0 aromatic carbocycles. The highest BCUT2D eigenvalue weighted by Gasteiger charge is 2.43. The van der Waals surface area contributed by atoms with E-state index in [2.05, 4.69) is 21.3 Å². The van der Waals surface area contributed by atoms with E-state index < -0.39 is 5.54 Å². The van der Waals surface area contributed by atoms with Crippen molar-refractivity contribution in [3.63, 3.8) is 0 Å². The Morgan fingerprint density at radius 3 is 2.38 bits per heavy atom. The van der Waals surface area contributed by atoms with Gasteiger partial charge in [0.15, 0.2) is 0 Å². The zero-order valence-electron chi connectivity index (χ0n) is 12.7. The molecule has 3 amide bonds. The summed E-state index contributed by atoms with van der Waals surface area (Å²) in [6.45, 7) is 4.33. The van der Waals surface area contributed by atoms with E-state index in [1.165, 1.54) is 0 Å². The summed E-state index contributed by atoms with van der Waals surface area (Å²) in [7, 11) is 0. The maximum Gasteiger partial charge on any atom is 0.315 e. The lowest BCUT2D eigenvalue weighted by molar-refractivity contribution is -0.128. The quantitative estimate of drug-likeness (QED) is 0.622. The van der Waals surface area contributed by atoms with Crippen LogP contribution in [-0.2, 0) is 4.79 Å². The van der Waals surface area contributed by atoms with Gasteiger partial charge in [0, 0.05) is 12.6 Å². The molecule has 1 aliphatic heterocycles. The standard InChI is InChI=1S/C14H26N4O2.ClH/c1-2-16-13(20)18-14(7-3-4-8-14)12(19)17-11-5-9-15-10-6-11;/h11,15H,2-10H2,1H3,(H,17,19)(H2,16,18,20);1H. The zero-order valence-corrected chi connectivity index (χ0v) is 13.5. The Bertz CT molecular complexity index is 353. The smallest absolute Gasteiger partial charge is 0.315 e. The molecule has 2 rings (SSSR count). The molecule has 1 heterocycles. The molecule has 1 saturated carbocycles. The van der Waals surface area contributed by atoms with Crippen molar-refractivity contribution in [2.24, 2.45) is 0 Å². The molecule has 2 fully saturated rings. The summed E-state index contributed by atoms with van der Waals surface area (Å²) in [6.07, 6.45) is 5.38. The van der Waals surface area contributed by atoms with Gasteiger partial charge in [-0.2, -0.15) is 0 Å². The van der Waals surface area contributed by atoms with Crippen LogP contribution >= 0.6 is 12.4 Å². The first-order valence-electron chi connectivity index (χ1n) is 7.74. The van der Waals surface area contributed by atoms with Gasteiger partial charge in [0.05, 0.1) is 0 Å². The van der Waals surface area contributed by atoms with Crippen LogP contribution in [0, 0.1) is 0 Å². The lowest BCUT2D eigenvalue weighted by Gasteiger charge is -2.32. The fourth-order valence-corrected chi connectivity index (χ4v) is 3.10. The average molecular weight is 319 g/mol. The van der Waals surface area contributed by atoms with Crippen LogP contribution in [0.4, 0.5) is 4.79 Å². The molecule has 0 aromatic heterocycles. The van der Waals surface area contributed by atoms with Gasteiger partial charge in [-0.15, -0.1) is 12.4 Å². The van der Waals surface area contributed by atoms with Gasteiger partial charge in [0.1, 0.15) is 5.54 Å². The van der Waals surface area contributed by atoms with E-state index in [-0.39, 0.29) is 30.4 Å². The molecule has 0 spiro atoms. The number of hydrogen-bond acceptors (Lipinski definition) is 3. The molecular weight excluding hydrogens is 292 g/mol. The monoisotopic (exact) mass is 318 g/mol. The van der Waals surface area contributed by atoms with Crippen molar-refractivity contribution in [3.05, 3.63) is 0 Å². The van der Waals surface area contributed by atoms with Crippen molar-refractivity contribution >= 4 is 24.3 Å². The first-order valence-corrected chi connectivity index (χ1v) is 7.74. The largest absolute Gasteiger partial charge is 0.351 e. The topological polar surface area (TPSA) is 82.3 Å². The molecule has 1 aliphatic carbocycles. The molecule has 0 unspecified atom stereocenters. The number of urea groups is 1. The minimum absolute atomic E-state index is 0. The summed E-state index contributed by atoms with van der Waals surface area (Å²) in [4.78, 5) is 24.4. The highest BCUT2D eigenvalue weighted by Crippen LogP contribution is 2.30. The first-order chi connectivity index (χ1) is 9.66. The molecule has 7 heteroatoms. The molecule has 1 saturated heterocycles. The van der Waals surface area contributed by atoms with Crippen molar-refractivity contribution in [2.75, 3.05) is 19.6 Å².